The molecule has 0 aliphatic heterocycles. The third kappa shape index (κ3) is 6.89. The van der Waals surface area contributed by atoms with E-state index in [1.165, 1.54) is 48.7 Å². The zero-order valence-corrected chi connectivity index (χ0v) is 17.6. The van der Waals surface area contributed by atoms with E-state index in [1.807, 2.05) is 0 Å². The molecule has 1 heterocycles. The van der Waals surface area contributed by atoms with Crippen molar-refractivity contribution in [3.05, 3.63) is 72.4 Å². The van der Waals surface area contributed by atoms with Crippen LogP contribution in [0.25, 0.3) is 0 Å². The van der Waals surface area contributed by atoms with E-state index in [-0.39, 0.29) is 23.2 Å². The molecule has 1 aromatic heterocycles. The Hall–Kier alpha value is -3.71. The summed E-state index contributed by atoms with van der Waals surface area (Å²) in [6, 6.07) is 15.0. The number of ether oxygens (including phenoxy) is 1. The summed E-state index contributed by atoms with van der Waals surface area (Å²) in [4.78, 5) is 19.5. The van der Waals surface area contributed by atoms with Crippen molar-refractivity contribution in [3.63, 3.8) is 0 Å². The smallest absolute Gasteiger partial charge is 0.449 e. The molecule has 3 rings (SSSR count). The lowest BCUT2D eigenvalue weighted by Crippen LogP contribution is -2.29. The Balaban J connectivity index is 1.70. The second kappa shape index (κ2) is 9.83. The molecule has 13 heteroatoms. The number of hydrogen-bond acceptors (Lipinski definition) is 8. The molecule has 33 heavy (non-hydrogen) atoms. The van der Waals surface area contributed by atoms with Crippen LogP contribution < -0.4 is 15.8 Å². The van der Waals surface area contributed by atoms with Gasteiger partial charge in [-0.3, -0.25) is 0 Å². The number of nitrogens with zero attached hydrogens (tertiary/aromatic N) is 2. The van der Waals surface area contributed by atoms with Gasteiger partial charge in [-0.2, -0.15) is 18.2 Å². The fourth-order valence-electron chi connectivity index (χ4n) is 2.66. The summed E-state index contributed by atoms with van der Waals surface area (Å²) < 4.78 is 65.3. The van der Waals surface area contributed by atoms with Crippen molar-refractivity contribution in [1.82, 2.24) is 9.97 Å². The molecule has 9 nitrogen and oxygen atoms in total. The van der Waals surface area contributed by atoms with Gasteiger partial charge in [-0.25, -0.2) is 23.3 Å². The number of esters is 1. The van der Waals surface area contributed by atoms with E-state index in [4.69, 9.17) is 5.14 Å². The average Bonchev–Trinajstić information content (AvgIpc) is 2.76. The van der Waals surface area contributed by atoms with Gasteiger partial charge in [0.2, 0.25) is 16.0 Å². The monoisotopic (exact) mass is 481 g/mol. The minimum atomic E-state index is -5.13. The predicted molar refractivity (Wildman–Crippen MR) is 113 cm³/mol. The zero-order chi connectivity index (χ0) is 24.1. The van der Waals surface area contributed by atoms with Crippen molar-refractivity contribution in [2.75, 3.05) is 17.2 Å². The first-order chi connectivity index (χ1) is 15.5. The number of halogens is 3. The summed E-state index contributed by atoms with van der Waals surface area (Å²) in [5.74, 6) is -1.92. The predicted octanol–water partition coefficient (Wildman–Crippen LogP) is 3.13. The number of sulfonamides is 1. The van der Waals surface area contributed by atoms with Crippen LogP contribution in [-0.4, -0.2) is 37.1 Å². The minimum Gasteiger partial charge on any atom is -0.449 e. The number of anilines is 3. The van der Waals surface area contributed by atoms with E-state index in [0.717, 1.165) is 0 Å². The Morgan fingerprint density at radius 1 is 1.06 bits per heavy atom. The molecule has 1 unspecified atom stereocenters. The Labute approximate surface area is 186 Å². The molecule has 174 valence electrons. The van der Waals surface area contributed by atoms with Gasteiger partial charge >= 0.3 is 12.1 Å². The molecule has 0 spiro atoms. The summed E-state index contributed by atoms with van der Waals surface area (Å²) in [6.45, 7) is -0.189. The van der Waals surface area contributed by atoms with Crippen molar-refractivity contribution in [1.29, 1.82) is 0 Å². The molecular formula is C20H18F3N5O4S. The number of rotatable bonds is 8. The summed E-state index contributed by atoms with van der Waals surface area (Å²) in [6.07, 6.45) is -4.95. The summed E-state index contributed by atoms with van der Waals surface area (Å²) in [7, 11) is -3.83. The fraction of sp³-hybridized carbons (Fsp3) is 0.150. The first-order valence-electron chi connectivity index (χ1n) is 9.32. The molecule has 0 fully saturated rings. The molecule has 2 aromatic carbocycles. The van der Waals surface area contributed by atoms with Crippen LogP contribution in [0, 0.1) is 0 Å². The number of alkyl halides is 3. The largest absolute Gasteiger partial charge is 0.490 e. The lowest BCUT2D eigenvalue weighted by atomic mass is 10.1. The highest BCUT2D eigenvalue weighted by Gasteiger charge is 2.42. The van der Waals surface area contributed by atoms with Crippen LogP contribution in [0.5, 0.6) is 0 Å². The number of carbonyl (C=O) groups excluding carboxylic acids is 1. The first-order valence-corrected chi connectivity index (χ1v) is 10.9. The number of carbonyl (C=O) groups is 1. The lowest BCUT2D eigenvalue weighted by Gasteiger charge is -2.20. The van der Waals surface area contributed by atoms with Crippen LogP contribution in [-0.2, 0) is 19.6 Å². The maximum atomic E-state index is 12.7. The van der Waals surface area contributed by atoms with Gasteiger partial charge in [-0.15, -0.1) is 0 Å². The van der Waals surface area contributed by atoms with E-state index in [2.05, 4.69) is 25.3 Å². The summed E-state index contributed by atoms with van der Waals surface area (Å²) >= 11 is 0. The third-order valence-electron chi connectivity index (χ3n) is 4.22. The zero-order valence-electron chi connectivity index (χ0n) is 16.8. The number of hydrogen-bond donors (Lipinski definition) is 3. The molecule has 0 aliphatic rings. The number of nitrogens with one attached hydrogen (secondary N) is 2. The number of aromatic nitrogens is 2. The maximum Gasteiger partial charge on any atom is 0.490 e. The lowest BCUT2D eigenvalue weighted by molar-refractivity contribution is -0.204. The van der Waals surface area contributed by atoms with Crippen molar-refractivity contribution in [2.45, 2.75) is 17.2 Å². The van der Waals surface area contributed by atoms with Crippen LogP contribution in [0.3, 0.4) is 0 Å². The molecule has 0 saturated heterocycles. The topological polar surface area (TPSA) is 136 Å². The SMILES string of the molecule is NS(=O)(=O)c1ccc(Nc2nccc(NCC(OC(=O)C(F)(F)F)c3ccccc3)n2)cc1. The Bertz CT molecular complexity index is 1210. The summed E-state index contributed by atoms with van der Waals surface area (Å²) in [5.41, 5.74) is 0.839. The van der Waals surface area contributed by atoms with Gasteiger partial charge in [0.05, 0.1) is 11.4 Å². The van der Waals surface area contributed by atoms with Crippen molar-refractivity contribution in [3.8, 4) is 0 Å². The van der Waals surface area contributed by atoms with Crippen LogP contribution >= 0.6 is 0 Å². The molecule has 4 N–H and O–H groups in total. The minimum absolute atomic E-state index is 0.0651. The fourth-order valence-corrected chi connectivity index (χ4v) is 3.18. The van der Waals surface area contributed by atoms with E-state index in [1.54, 1.807) is 18.2 Å². The quantitative estimate of drug-likeness (QED) is 0.418. The van der Waals surface area contributed by atoms with Gasteiger partial charge in [0.15, 0.2) is 0 Å². The second-order valence-corrected chi connectivity index (χ2v) is 8.20. The molecular weight excluding hydrogens is 463 g/mol. The van der Waals surface area contributed by atoms with Gasteiger partial charge in [0.1, 0.15) is 11.9 Å². The Morgan fingerprint density at radius 2 is 1.73 bits per heavy atom. The molecule has 0 radical (unpaired) electrons. The molecule has 0 amide bonds. The number of primary sulfonamides is 1. The highest BCUT2D eigenvalue weighted by Crippen LogP contribution is 2.24. The average molecular weight is 481 g/mol. The first kappa shape index (κ1) is 23.9. The second-order valence-electron chi connectivity index (χ2n) is 6.64. The Kier molecular flexibility index (Phi) is 7.13. The standard InChI is InChI=1S/C20H18F3N5O4S/c21-20(22,23)18(29)32-16(13-4-2-1-3-5-13)12-26-17-10-11-25-19(28-17)27-14-6-8-15(9-7-14)33(24,30)31/h1-11,16H,12H2,(H2,24,30,31)(H2,25,26,27,28). The number of benzene rings is 2. The summed E-state index contributed by atoms with van der Waals surface area (Å²) in [5, 5.41) is 10.7. The van der Waals surface area contributed by atoms with Crippen LogP contribution in [0.2, 0.25) is 0 Å². The van der Waals surface area contributed by atoms with Gasteiger partial charge in [-0.1, -0.05) is 30.3 Å². The van der Waals surface area contributed by atoms with Crippen LogP contribution in [0.1, 0.15) is 11.7 Å². The maximum absolute atomic E-state index is 12.7. The van der Waals surface area contributed by atoms with E-state index in [9.17, 15) is 26.4 Å². The van der Waals surface area contributed by atoms with E-state index < -0.39 is 28.3 Å². The van der Waals surface area contributed by atoms with E-state index in [0.29, 0.717) is 11.3 Å². The van der Waals surface area contributed by atoms with Crippen LogP contribution in [0.4, 0.5) is 30.6 Å². The normalized spacial score (nSPS) is 12.6. The molecule has 1 atom stereocenters. The van der Waals surface area contributed by atoms with Crippen molar-refractivity contribution < 1.29 is 31.1 Å². The van der Waals surface area contributed by atoms with Gasteiger partial charge in [0.25, 0.3) is 0 Å². The highest BCUT2D eigenvalue weighted by atomic mass is 32.2. The Morgan fingerprint density at radius 3 is 2.33 bits per heavy atom. The van der Waals surface area contributed by atoms with Crippen molar-refractivity contribution in [2.24, 2.45) is 5.14 Å². The van der Waals surface area contributed by atoms with Crippen LogP contribution in [0.15, 0.2) is 71.8 Å². The van der Waals surface area contributed by atoms with Gasteiger partial charge in [0, 0.05) is 11.9 Å². The molecule has 0 saturated carbocycles. The van der Waals surface area contributed by atoms with E-state index >= 15 is 0 Å². The molecule has 0 aliphatic carbocycles. The van der Waals surface area contributed by atoms with Gasteiger partial charge in [-0.05, 0) is 35.9 Å². The van der Waals surface area contributed by atoms with Crippen molar-refractivity contribution >= 4 is 33.4 Å². The third-order valence-corrected chi connectivity index (χ3v) is 5.14. The number of nitrogens with two attached hydrogens (primary N) is 1. The highest BCUT2D eigenvalue weighted by molar-refractivity contribution is 7.89. The molecule has 0 bridgehead atoms. The molecule has 3 aromatic rings. The van der Waals surface area contributed by atoms with Gasteiger partial charge < -0.3 is 15.4 Å².